The highest BCUT2D eigenvalue weighted by atomic mass is 32.2. The summed E-state index contributed by atoms with van der Waals surface area (Å²) in [6.45, 7) is 2.42. The van der Waals surface area contributed by atoms with Gasteiger partial charge in [-0.25, -0.2) is 13.6 Å². The van der Waals surface area contributed by atoms with Crippen LogP contribution in [0, 0.1) is 6.92 Å². The van der Waals surface area contributed by atoms with Crippen molar-refractivity contribution in [2.24, 2.45) is 5.14 Å². The van der Waals surface area contributed by atoms with Gasteiger partial charge in [0.05, 0.1) is 11.0 Å². The summed E-state index contributed by atoms with van der Waals surface area (Å²) >= 11 is 0. The van der Waals surface area contributed by atoms with Crippen LogP contribution in [0.1, 0.15) is 31.2 Å². The van der Waals surface area contributed by atoms with Crippen LogP contribution in [-0.4, -0.2) is 27.0 Å². The third kappa shape index (κ3) is 4.52. The lowest BCUT2D eigenvalue weighted by molar-refractivity contribution is -0.116. The molecule has 1 amide bonds. The van der Waals surface area contributed by atoms with Crippen molar-refractivity contribution in [3.63, 3.8) is 0 Å². The third-order valence-electron chi connectivity index (χ3n) is 3.50. The van der Waals surface area contributed by atoms with Crippen LogP contribution in [0.25, 0.3) is 0 Å². The number of rotatable bonds is 5. The molecule has 1 aromatic rings. The van der Waals surface area contributed by atoms with E-state index in [9.17, 15) is 13.2 Å². The molecule has 6 nitrogen and oxygen atoms in total. The van der Waals surface area contributed by atoms with Crippen LogP contribution in [-0.2, 0) is 19.6 Å². The summed E-state index contributed by atoms with van der Waals surface area (Å²) in [6.07, 6.45) is 3.23. The van der Waals surface area contributed by atoms with Crippen molar-refractivity contribution in [3.05, 3.63) is 23.8 Å². The van der Waals surface area contributed by atoms with Crippen molar-refractivity contribution in [1.82, 2.24) is 0 Å². The van der Waals surface area contributed by atoms with Crippen LogP contribution in [0.3, 0.4) is 0 Å². The minimum absolute atomic E-state index is 0.0272. The number of hydrogen-bond acceptors (Lipinski definition) is 4. The lowest BCUT2D eigenvalue weighted by atomic mass is 10.1. The van der Waals surface area contributed by atoms with Gasteiger partial charge in [0.15, 0.2) is 0 Å². The Morgan fingerprint density at radius 2 is 2.24 bits per heavy atom. The first-order chi connectivity index (χ1) is 9.86. The first-order valence-electron chi connectivity index (χ1n) is 6.91. The first kappa shape index (κ1) is 15.9. The fourth-order valence-electron chi connectivity index (χ4n) is 2.37. The lowest BCUT2D eigenvalue weighted by Gasteiger charge is -2.11. The van der Waals surface area contributed by atoms with Gasteiger partial charge >= 0.3 is 0 Å². The van der Waals surface area contributed by atoms with Gasteiger partial charge in [0.1, 0.15) is 0 Å². The van der Waals surface area contributed by atoms with E-state index in [1.165, 1.54) is 6.07 Å². The van der Waals surface area contributed by atoms with E-state index in [4.69, 9.17) is 9.88 Å². The molecule has 0 aliphatic carbocycles. The molecule has 2 rings (SSSR count). The number of nitrogens with one attached hydrogen (secondary N) is 1. The quantitative estimate of drug-likeness (QED) is 0.861. The highest BCUT2D eigenvalue weighted by Gasteiger charge is 2.17. The molecule has 1 atom stereocenters. The Morgan fingerprint density at radius 3 is 2.86 bits per heavy atom. The predicted molar refractivity (Wildman–Crippen MR) is 79.4 cm³/mol. The number of aryl methyl sites for hydroxylation is 1. The van der Waals surface area contributed by atoms with Gasteiger partial charge in [-0.1, -0.05) is 6.07 Å². The standard InChI is InChI=1S/C14H20N2O4S/c1-10-4-5-11(9-13(10)21(15,18)19)16-14(17)7-6-12-3-2-8-20-12/h4-5,9,12H,2-3,6-8H2,1H3,(H,16,17)(H2,15,18,19). The van der Waals surface area contributed by atoms with Gasteiger partial charge in [0.2, 0.25) is 15.9 Å². The molecule has 7 heteroatoms. The highest BCUT2D eigenvalue weighted by Crippen LogP contribution is 2.20. The summed E-state index contributed by atoms with van der Waals surface area (Å²) in [7, 11) is -3.79. The Kier molecular flexibility index (Phi) is 4.97. The number of hydrogen-bond donors (Lipinski definition) is 2. The van der Waals surface area contributed by atoms with E-state index in [0.29, 0.717) is 24.1 Å². The maximum atomic E-state index is 11.9. The minimum Gasteiger partial charge on any atom is -0.378 e. The molecule has 0 saturated carbocycles. The zero-order chi connectivity index (χ0) is 15.5. The van der Waals surface area contributed by atoms with Crippen molar-refractivity contribution in [2.45, 2.75) is 43.6 Å². The maximum Gasteiger partial charge on any atom is 0.238 e. The van der Waals surface area contributed by atoms with Gasteiger partial charge in [-0.3, -0.25) is 4.79 Å². The van der Waals surface area contributed by atoms with Crippen LogP contribution in [0.2, 0.25) is 0 Å². The molecule has 3 N–H and O–H groups in total. The van der Waals surface area contributed by atoms with Gasteiger partial charge < -0.3 is 10.1 Å². The van der Waals surface area contributed by atoms with Crippen molar-refractivity contribution in [1.29, 1.82) is 0 Å². The molecule has 21 heavy (non-hydrogen) atoms. The molecule has 0 bridgehead atoms. The van der Waals surface area contributed by atoms with Crippen LogP contribution in [0.15, 0.2) is 23.1 Å². The molecule has 1 saturated heterocycles. The first-order valence-corrected chi connectivity index (χ1v) is 8.46. The van der Waals surface area contributed by atoms with Crippen molar-refractivity contribution < 1.29 is 17.9 Å². The molecule has 1 aliphatic rings. The number of amides is 1. The Balaban J connectivity index is 1.97. The fourth-order valence-corrected chi connectivity index (χ4v) is 3.18. The Bertz CT molecular complexity index is 622. The fraction of sp³-hybridized carbons (Fsp3) is 0.500. The third-order valence-corrected chi connectivity index (χ3v) is 4.55. The maximum absolute atomic E-state index is 11.9. The van der Waals surface area contributed by atoms with E-state index in [-0.39, 0.29) is 16.9 Å². The monoisotopic (exact) mass is 312 g/mol. The molecular weight excluding hydrogens is 292 g/mol. The molecule has 0 spiro atoms. The average molecular weight is 312 g/mol. The Morgan fingerprint density at radius 1 is 1.48 bits per heavy atom. The molecule has 1 aromatic carbocycles. The van der Waals surface area contributed by atoms with E-state index in [2.05, 4.69) is 5.32 Å². The van der Waals surface area contributed by atoms with Crippen LogP contribution in [0.4, 0.5) is 5.69 Å². The van der Waals surface area contributed by atoms with Gasteiger partial charge in [-0.15, -0.1) is 0 Å². The summed E-state index contributed by atoms with van der Waals surface area (Å²) in [5.74, 6) is -0.158. The number of benzene rings is 1. The second-order valence-corrected chi connectivity index (χ2v) is 6.78. The van der Waals surface area contributed by atoms with E-state index in [0.717, 1.165) is 19.4 Å². The lowest BCUT2D eigenvalue weighted by Crippen LogP contribution is -2.17. The molecule has 116 valence electrons. The van der Waals surface area contributed by atoms with Crippen molar-refractivity contribution in [2.75, 3.05) is 11.9 Å². The molecule has 1 heterocycles. The number of nitrogens with two attached hydrogens (primary N) is 1. The smallest absolute Gasteiger partial charge is 0.238 e. The second kappa shape index (κ2) is 6.55. The highest BCUT2D eigenvalue weighted by molar-refractivity contribution is 7.89. The molecule has 0 aromatic heterocycles. The Hall–Kier alpha value is -1.44. The van der Waals surface area contributed by atoms with Crippen LogP contribution >= 0.6 is 0 Å². The SMILES string of the molecule is Cc1ccc(NC(=O)CCC2CCCO2)cc1S(N)(=O)=O. The zero-order valence-electron chi connectivity index (χ0n) is 12.0. The molecule has 1 unspecified atom stereocenters. The summed E-state index contributed by atoms with van der Waals surface area (Å²) < 4.78 is 28.3. The number of carbonyl (C=O) groups excluding carboxylic acids is 1. The van der Waals surface area contributed by atoms with Gasteiger partial charge in [0, 0.05) is 18.7 Å². The number of ether oxygens (including phenoxy) is 1. The second-order valence-electron chi connectivity index (χ2n) is 5.25. The topological polar surface area (TPSA) is 98.5 Å². The van der Waals surface area contributed by atoms with Crippen LogP contribution < -0.4 is 10.5 Å². The molecular formula is C14H20N2O4S. The number of primary sulfonamides is 1. The molecule has 1 aliphatic heterocycles. The Labute approximate surface area is 124 Å². The summed E-state index contributed by atoms with van der Waals surface area (Å²) in [6, 6.07) is 4.66. The van der Waals surface area contributed by atoms with E-state index in [1.807, 2.05) is 0 Å². The number of sulfonamides is 1. The number of carbonyl (C=O) groups is 1. The minimum atomic E-state index is -3.79. The van der Waals surface area contributed by atoms with Crippen molar-refractivity contribution >= 4 is 21.6 Å². The van der Waals surface area contributed by atoms with Gasteiger partial charge in [0.25, 0.3) is 0 Å². The van der Waals surface area contributed by atoms with Gasteiger partial charge in [-0.05, 0) is 43.9 Å². The average Bonchev–Trinajstić information content (AvgIpc) is 2.90. The van der Waals surface area contributed by atoms with E-state index >= 15 is 0 Å². The van der Waals surface area contributed by atoms with Crippen molar-refractivity contribution in [3.8, 4) is 0 Å². The molecule has 0 radical (unpaired) electrons. The van der Waals surface area contributed by atoms with Crippen LogP contribution in [0.5, 0.6) is 0 Å². The summed E-state index contributed by atoms with van der Waals surface area (Å²) in [5, 5.41) is 7.83. The largest absolute Gasteiger partial charge is 0.378 e. The zero-order valence-corrected chi connectivity index (χ0v) is 12.8. The number of anilines is 1. The van der Waals surface area contributed by atoms with E-state index in [1.54, 1.807) is 19.1 Å². The molecule has 1 fully saturated rings. The van der Waals surface area contributed by atoms with E-state index < -0.39 is 10.0 Å². The van der Waals surface area contributed by atoms with Gasteiger partial charge in [-0.2, -0.15) is 0 Å². The normalized spacial score (nSPS) is 18.7. The summed E-state index contributed by atoms with van der Waals surface area (Å²) in [4.78, 5) is 11.9. The summed E-state index contributed by atoms with van der Waals surface area (Å²) in [5.41, 5.74) is 0.983. The predicted octanol–water partition coefficient (Wildman–Crippen LogP) is 1.54.